The van der Waals surface area contributed by atoms with E-state index in [1.807, 2.05) is 89.1 Å². The van der Waals surface area contributed by atoms with E-state index in [0.29, 0.717) is 29.2 Å². The fourth-order valence-corrected chi connectivity index (χ4v) is 4.57. The van der Waals surface area contributed by atoms with Crippen LogP contribution in [0.4, 0.5) is 11.4 Å². The third kappa shape index (κ3) is 5.29. The SMILES string of the molecule is COc1ccc(CCn2cc(-c3cccc(C(=O)Nc4cc(-c5cccs5)ccc4N)c3)nn2)cc1. The van der Waals surface area contributed by atoms with Gasteiger partial charge >= 0.3 is 0 Å². The molecule has 8 heteroatoms. The molecule has 0 saturated carbocycles. The van der Waals surface area contributed by atoms with Crippen LogP contribution in [0.5, 0.6) is 5.75 Å². The quantitative estimate of drug-likeness (QED) is 0.267. The Morgan fingerprint density at radius 2 is 1.89 bits per heavy atom. The molecule has 5 aromatic rings. The number of thiophene rings is 1. The first-order valence-corrected chi connectivity index (χ1v) is 12.4. The summed E-state index contributed by atoms with van der Waals surface area (Å²) in [4.78, 5) is 14.2. The number of benzene rings is 3. The molecule has 2 aromatic heterocycles. The zero-order valence-corrected chi connectivity index (χ0v) is 20.5. The van der Waals surface area contributed by atoms with E-state index in [2.05, 4.69) is 15.6 Å². The first-order chi connectivity index (χ1) is 17.6. The molecule has 0 fully saturated rings. The first-order valence-electron chi connectivity index (χ1n) is 11.5. The van der Waals surface area contributed by atoms with E-state index in [1.54, 1.807) is 24.5 Å². The zero-order chi connectivity index (χ0) is 24.9. The van der Waals surface area contributed by atoms with Gasteiger partial charge in [-0.1, -0.05) is 41.6 Å². The molecule has 0 saturated heterocycles. The summed E-state index contributed by atoms with van der Waals surface area (Å²) in [6, 6.07) is 25.0. The third-order valence-corrected chi connectivity index (χ3v) is 6.77. The third-order valence-electron chi connectivity index (χ3n) is 5.85. The van der Waals surface area contributed by atoms with Crippen molar-refractivity contribution in [3.8, 4) is 27.4 Å². The van der Waals surface area contributed by atoms with Crippen LogP contribution in [0.2, 0.25) is 0 Å². The van der Waals surface area contributed by atoms with Gasteiger partial charge in [0.25, 0.3) is 5.91 Å². The van der Waals surface area contributed by atoms with Crippen LogP contribution in [0.15, 0.2) is 90.4 Å². The average molecular weight is 496 g/mol. The Kier molecular flexibility index (Phi) is 6.77. The number of nitrogen functional groups attached to an aromatic ring is 1. The molecule has 0 spiro atoms. The summed E-state index contributed by atoms with van der Waals surface area (Å²) >= 11 is 1.64. The highest BCUT2D eigenvalue weighted by Crippen LogP contribution is 2.30. The number of methoxy groups -OCH3 is 1. The summed E-state index contributed by atoms with van der Waals surface area (Å²) in [7, 11) is 1.66. The number of aromatic nitrogens is 3. The summed E-state index contributed by atoms with van der Waals surface area (Å²) in [5.74, 6) is 0.599. The molecular formula is C28H25N5O2S. The minimum Gasteiger partial charge on any atom is -0.497 e. The predicted molar refractivity (Wildman–Crippen MR) is 144 cm³/mol. The van der Waals surface area contributed by atoms with Crippen LogP contribution >= 0.6 is 11.3 Å². The maximum absolute atomic E-state index is 13.0. The molecule has 0 aliphatic heterocycles. The minimum absolute atomic E-state index is 0.237. The van der Waals surface area contributed by atoms with Crippen molar-refractivity contribution in [2.24, 2.45) is 0 Å². The Morgan fingerprint density at radius 3 is 2.67 bits per heavy atom. The van der Waals surface area contributed by atoms with E-state index in [4.69, 9.17) is 10.5 Å². The molecule has 180 valence electrons. The van der Waals surface area contributed by atoms with E-state index in [-0.39, 0.29) is 5.91 Å². The number of carbonyl (C=O) groups excluding carboxylic acids is 1. The van der Waals surface area contributed by atoms with Gasteiger partial charge in [-0.2, -0.15) is 0 Å². The Hall–Kier alpha value is -4.43. The predicted octanol–water partition coefficient (Wildman–Crippen LogP) is 5.76. The van der Waals surface area contributed by atoms with Gasteiger partial charge in [-0.25, -0.2) is 0 Å². The number of nitrogens with one attached hydrogen (secondary N) is 1. The largest absolute Gasteiger partial charge is 0.497 e. The standard InChI is InChI=1S/C28H25N5O2S/c1-35-23-10-7-19(8-11-23)13-14-33-18-26(31-32-33)20-4-2-5-22(16-20)28(34)30-25-17-21(9-12-24(25)29)27-6-3-15-36-27/h2-12,15-18H,13-14,29H2,1H3,(H,30,34). The fourth-order valence-electron chi connectivity index (χ4n) is 3.85. The Balaban J connectivity index is 1.28. The summed E-state index contributed by atoms with van der Waals surface area (Å²) in [5.41, 5.74) is 11.5. The van der Waals surface area contributed by atoms with Gasteiger partial charge in [0.2, 0.25) is 0 Å². The Labute approximate surface area is 213 Å². The normalized spacial score (nSPS) is 10.8. The van der Waals surface area contributed by atoms with E-state index in [9.17, 15) is 4.79 Å². The number of rotatable bonds is 8. The lowest BCUT2D eigenvalue weighted by Gasteiger charge is -2.10. The lowest BCUT2D eigenvalue weighted by molar-refractivity contribution is 0.102. The number of carbonyl (C=O) groups is 1. The van der Waals surface area contributed by atoms with Gasteiger partial charge in [0.05, 0.1) is 24.7 Å². The number of aryl methyl sites for hydroxylation is 2. The molecule has 2 heterocycles. The number of ether oxygens (including phenoxy) is 1. The van der Waals surface area contributed by atoms with Crippen LogP contribution in [-0.2, 0) is 13.0 Å². The molecule has 0 atom stereocenters. The molecule has 0 unspecified atom stereocenters. The van der Waals surface area contributed by atoms with Crippen LogP contribution in [-0.4, -0.2) is 28.0 Å². The van der Waals surface area contributed by atoms with E-state index in [0.717, 1.165) is 28.2 Å². The molecule has 36 heavy (non-hydrogen) atoms. The smallest absolute Gasteiger partial charge is 0.255 e. The highest BCUT2D eigenvalue weighted by Gasteiger charge is 2.12. The molecule has 3 N–H and O–H groups in total. The van der Waals surface area contributed by atoms with Gasteiger partial charge in [-0.05, 0) is 65.4 Å². The van der Waals surface area contributed by atoms with E-state index in [1.165, 1.54) is 5.56 Å². The molecule has 3 aromatic carbocycles. The van der Waals surface area contributed by atoms with Crippen molar-refractivity contribution in [2.45, 2.75) is 13.0 Å². The Morgan fingerprint density at radius 1 is 1.03 bits per heavy atom. The molecule has 0 aliphatic carbocycles. The van der Waals surface area contributed by atoms with Gasteiger partial charge in [0.15, 0.2) is 0 Å². The molecule has 0 aliphatic rings. The van der Waals surface area contributed by atoms with Gasteiger partial charge < -0.3 is 15.8 Å². The van der Waals surface area contributed by atoms with E-state index < -0.39 is 0 Å². The van der Waals surface area contributed by atoms with Crippen molar-refractivity contribution in [1.82, 2.24) is 15.0 Å². The Bertz CT molecular complexity index is 1480. The number of anilines is 2. The molecule has 5 rings (SSSR count). The number of nitrogens with zero attached hydrogens (tertiary/aromatic N) is 3. The monoisotopic (exact) mass is 495 g/mol. The van der Waals surface area contributed by atoms with Crippen LogP contribution in [0.1, 0.15) is 15.9 Å². The fraction of sp³-hybridized carbons (Fsp3) is 0.107. The number of hydrogen-bond donors (Lipinski definition) is 2. The minimum atomic E-state index is -0.237. The highest BCUT2D eigenvalue weighted by atomic mass is 32.1. The summed E-state index contributed by atoms with van der Waals surface area (Å²) < 4.78 is 7.02. The maximum atomic E-state index is 13.0. The molecule has 7 nitrogen and oxygen atoms in total. The number of hydrogen-bond acceptors (Lipinski definition) is 6. The lowest BCUT2D eigenvalue weighted by Crippen LogP contribution is -2.13. The summed E-state index contributed by atoms with van der Waals surface area (Å²) in [6.45, 7) is 0.694. The second-order valence-corrected chi connectivity index (χ2v) is 9.23. The molecular weight excluding hydrogens is 470 g/mol. The van der Waals surface area contributed by atoms with Crippen molar-refractivity contribution in [3.63, 3.8) is 0 Å². The summed E-state index contributed by atoms with van der Waals surface area (Å²) in [5, 5.41) is 13.5. The van der Waals surface area contributed by atoms with Crippen molar-refractivity contribution in [2.75, 3.05) is 18.2 Å². The van der Waals surface area contributed by atoms with E-state index >= 15 is 0 Å². The van der Waals surface area contributed by atoms with Gasteiger partial charge in [-0.15, -0.1) is 16.4 Å². The van der Waals surface area contributed by atoms with Crippen LogP contribution in [0.3, 0.4) is 0 Å². The second-order valence-electron chi connectivity index (χ2n) is 8.28. The second kappa shape index (κ2) is 10.5. The van der Waals surface area contributed by atoms with Crippen LogP contribution < -0.4 is 15.8 Å². The highest BCUT2D eigenvalue weighted by molar-refractivity contribution is 7.13. The van der Waals surface area contributed by atoms with Gasteiger partial charge in [0.1, 0.15) is 11.4 Å². The number of nitrogens with two attached hydrogens (primary N) is 1. The van der Waals surface area contributed by atoms with Crippen molar-refractivity contribution in [1.29, 1.82) is 0 Å². The molecule has 0 radical (unpaired) electrons. The zero-order valence-electron chi connectivity index (χ0n) is 19.7. The first kappa shape index (κ1) is 23.3. The lowest BCUT2D eigenvalue weighted by atomic mass is 10.1. The van der Waals surface area contributed by atoms with Gasteiger partial charge in [-0.3, -0.25) is 9.48 Å². The van der Waals surface area contributed by atoms with Crippen molar-refractivity contribution < 1.29 is 9.53 Å². The maximum Gasteiger partial charge on any atom is 0.255 e. The molecule has 0 bridgehead atoms. The van der Waals surface area contributed by atoms with Crippen molar-refractivity contribution >= 4 is 28.6 Å². The number of amides is 1. The van der Waals surface area contributed by atoms with Crippen LogP contribution in [0.25, 0.3) is 21.7 Å². The summed E-state index contributed by atoms with van der Waals surface area (Å²) in [6.07, 6.45) is 2.71. The van der Waals surface area contributed by atoms with Crippen molar-refractivity contribution in [3.05, 3.63) is 102 Å². The average Bonchev–Trinajstić information content (AvgIpc) is 3.62. The topological polar surface area (TPSA) is 95.1 Å². The molecule has 1 amide bonds. The van der Waals surface area contributed by atoms with Gasteiger partial charge in [0, 0.05) is 22.5 Å². The van der Waals surface area contributed by atoms with Crippen LogP contribution in [0, 0.1) is 0 Å².